The van der Waals surface area contributed by atoms with Crippen molar-refractivity contribution in [3.63, 3.8) is 0 Å². The van der Waals surface area contributed by atoms with Gasteiger partial charge < -0.3 is 34.0 Å². The van der Waals surface area contributed by atoms with Crippen LogP contribution < -0.4 is 15.5 Å². The van der Waals surface area contributed by atoms with Gasteiger partial charge in [-0.25, -0.2) is 9.78 Å². The van der Waals surface area contributed by atoms with E-state index in [1.54, 1.807) is 18.2 Å². The van der Waals surface area contributed by atoms with E-state index >= 15 is 0 Å². The van der Waals surface area contributed by atoms with E-state index in [-0.39, 0.29) is 17.9 Å². The largest absolute Gasteiger partial charge is 0.496 e. The van der Waals surface area contributed by atoms with Crippen molar-refractivity contribution in [3.8, 4) is 17.0 Å². The topological polar surface area (TPSA) is 115 Å². The van der Waals surface area contributed by atoms with E-state index < -0.39 is 30.5 Å². The van der Waals surface area contributed by atoms with Crippen molar-refractivity contribution in [1.82, 2.24) is 20.2 Å². The van der Waals surface area contributed by atoms with Gasteiger partial charge in [-0.3, -0.25) is 4.79 Å². The number of likely N-dealkylation sites (tertiary alicyclic amines) is 1. The number of benzene rings is 1. The summed E-state index contributed by atoms with van der Waals surface area (Å²) >= 11 is 0. The van der Waals surface area contributed by atoms with Crippen molar-refractivity contribution in [2.24, 2.45) is 5.92 Å². The number of methoxy groups -OCH3 is 2. The number of imidazole rings is 1. The molecule has 11 heteroatoms. The number of nitrogens with one attached hydrogen (secondary N) is 2. The fraction of sp³-hybridized carbons (Fsp3) is 0.593. The molecule has 4 rings (SSSR count). The van der Waals surface area contributed by atoms with Crippen LogP contribution in [0, 0.1) is 5.92 Å². The van der Waals surface area contributed by atoms with E-state index in [4.69, 9.17) is 18.8 Å². The average molecular weight is 526 g/mol. The predicted molar refractivity (Wildman–Crippen MR) is 144 cm³/mol. The lowest BCUT2D eigenvalue weighted by atomic mass is 9.78. The normalized spacial score (nSPS) is 21.0. The maximum atomic E-state index is 13.4. The molecule has 2 N–H and O–H groups in total. The van der Waals surface area contributed by atoms with Crippen LogP contribution in [-0.2, 0) is 18.8 Å². The van der Waals surface area contributed by atoms with Crippen LogP contribution in [0.4, 0.5) is 4.79 Å². The Morgan fingerprint density at radius 3 is 2.47 bits per heavy atom. The lowest BCUT2D eigenvalue weighted by Gasteiger charge is -2.32. The Balaban J connectivity index is 1.56. The van der Waals surface area contributed by atoms with Gasteiger partial charge in [0.15, 0.2) is 0 Å². The number of carbonyl (C=O) groups is 2. The molecule has 2 saturated heterocycles. The van der Waals surface area contributed by atoms with Gasteiger partial charge in [-0.1, -0.05) is 19.9 Å². The van der Waals surface area contributed by atoms with Gasteiger partial charge >= 0.3 is 13.2 Å². The number of rotatable bonds is 7. The number of hydrogen-bond donors (Lipinski definition) is 2. The molecule has 0 unspecified atom stereocenters. The summed E-state index contributed by atoms with van der Waals surface area (Å²) in [7, 11) is 2.42. The Labute approximate surface area is 224 Å². The molecule has 2 aliphatic rings. The highest BCUT2D eigenvalue weighted by Crippen LogP contribution is 2.38. The zero-order chi connectivity index (χ0) is 27.8. The lowest BCUT2D eigenvalue weighted by Crippen LogP contribution is -2.51. The van der Waals surface area contributed by atoms with Gasteiger partial charge in [-0.05, 0) is 64.1 Å². The third kappa shape index (κ3) is 5.26. The molecule has 206 valence electrons. The molecule has 2 aliphatic heterocycles. The van der Waals surface area contributed by atoms with E-state index in [1.165, 1.54) is 7.11 Å². The van der Waals surface area contributed by atoms with Gasteiger partial charge in [0.2, 0.25) is 5.91 Å². The van der Waals surface area contributed by atoms with Gasteiger partial charge in [0.05, 0.1) is 43.4 Å². The number of nitrogens with zero attached hydrogens (tertiary/aromatic N) is 2. The molecule has 2 amide bonds. The van der Waals surface area contributed by atoms with Crippen molar-refractivity contribution < 1.29 is 28.4 Å². The van der Waals surface area contributed by atoms with Crippen molar-refractivity contribution in [3.05, 3.63) is 30.2 Å². The molecule has 0 saturated carbocycles. The standard InChI is InChI=1S/C27H39BN4O6/c1-16(2)22(31-25(34)36-8)24(33)32-13-9-10-20(32)23-29-15-19(30-23)18-12-11-17(14-21(18)35-7)28-37-26(3,4)27(5,6)38-28/h11-12,14-16,20,22H,9-10,13H2,1-8H3,(H,29,30)(H,31,34)/t20-,22-/m0/s1. The summed E-state index contributed by atoms with van der Waals surface area (Å²) in [6, 6.07) is 4.96. The Morgan fingerprint density at radius 2 is 1.87 bits per heavy atom. The van der Waals surface area contributed by atoms with Crippen LogP contribution >= 0.6 is 0 Å². The second kappa shape index (κ2) is 10.6. The van der Waals surface area contributed by atoms with E-state index in [2.05, 4.69) is 15.3 Å². The van der Waals surface area contributed by atoms with Crippen LogP contribution in [0.5, 0.6) is 5.75 Å². The van der Waals surface area contributed by atoms with Gasteiger partial charge in [-0.15, -0.1) is 0 Å². The number of alkyl carbamates (subject to hydrolysis) is 1. The molecule has 2 aromatic rings. The zero-order valence-electron chi connectivity index (χ0n) is 23.6. The molecule has 38 heavy (non-hydrogen) atoms. The van der Waals surface area contributed by atoms with Crippen LogP contribution in [-0.4, -0.2) is 72.0 Å². The number of aromatic amines is 1. The number of amides is 2. The SMILES string of the molecule is COC(=O)N[C@H](C(=O)N1CCC[C@H]1c1ncc(-c2ccc(B3OC(C)(C)C(C)(C)O3)cc2OC)[nH]1)C(C)C. The molecule has 0 spiro atoms. The van der Waals surface area contributed by atoms with Crippen LogP contribution in [0.2, 0.25) is 0 Å². The maximum absolute atomic E-state index is 13.4. The highest BCUT2D eigenvalue weighted by Gasteiger charge is 2.51. The first-order chi connectivity index (χ1) is 17.9. The zero-order valence-corrected chi connectivity index (χ0v) is 23.6. The number of ether oxygens (including phenoxy) is 2. The summed E-state index contributed by atoms with van der Waals surface area (Å²) in [6.07, 6.45) is 2.76. The summed E-state index contributed by atoms with van der Waals surface area (Å²) < 4.78 is 22.8. The number of aromatic nitrogens is 2. The first-order valence-corrected chi connectivity index (χ1v) is 13.1. The first-order valence-electron chi connectivity index (χ1n) is 13.1. The minimum absolute atomic E-state index is 0.0956. The highest BCUT2D eigenvalue weighted by molar-refractivity contribution is 6.62. The lowest BCUT2D eigenvalue weighted by molar-refractivity contribution is -0.135. The molecule has 2 fully saturated rings. The summed E-state index contributed by atoms with van der Waals surface area (Å²) in [6.45, 7) is 12.5. The van der Waals surface area contributed by atoms with Crippen molar-refractivity contribution in [2.75, 3.05) is 20.8 Å². The predicted octanol–water partition coefficient (Wildman–Crippen LogP) is 3.43. The Morgan fingerprint density at radius 1 is 1.18 bits per heavy atom. The summed E-state index contributed by atoms with van der Waals surface area (Å²) in [5, 5.41) is 2.68. The molecular formula is C27H39BN4O6. The van der Waals surface area contributed by atoms with E-state index in [1.807, 2.05) is 59.7 Å². The molecule has 2 atom stereocenters. The Bertz CT molecular complexity index is 1160. The molecule has 1 aromatic heterocycles. The minimum atomic E-state index is -0.680. The minimum Gasteiger partial charge on any atom is -0.496 e. The van der Waals surface area contributed by atoms with Gasteiger partial charge in [0.1, 0.15) is 17.6 Å². The maximum Gasteiger partial charge on any atom is 0.494 e. The Kier molecular flexibility index (Phi) is 7.81. The van der Waals surface area contributed by atoms with E-state index in [0.717, 1.165) is 29.6 Å². The number of carbonyl (C=O) groups excluding carboxylic acids is 2. The van der Waals surface area contributed by atoms with Crippen LogP contribution in [0.25, 0.3) is 11.3 Å². The summed E-state index contributed by atoms with van der Waals surface area (Å²) in [4.78, 5) is 35.1. The van der Waals surface area contributed by atoms with Crippen LogP contribution in [0.1, 0.15) is 66.3 Å². The van der Waals surface area contributed by atoms with Crippen LogP contribution in [0.3, 0.4) is 0 Å². The highest BCUT2D eigenvalue weighted by atomic mass is 16.7. The molecular weight excluding hydrogens is 487 g/mol. The quantitative estimate of drug-likeness (QED) is 0.532. The molecule has 0 bridgehead atoms. The van der Waals surface area contributed by atoms with Gasteiger partial charge in [0, 0.05) is 12.1 Å². The fourth-order valence-electron chi connectivity index (χ4n) is 4.89. The van der Waals surface area contributed by atoms with Crippen LogP contribution in [0.15, 0.2) is 24.4 Å². The molecule has 10 nitrogen and oxygen atoms in total. The fourth-order valence-corrected chi connectivity index (χ4v) is 4.89. The third-order valence-corrected chi connectivity index (χ3v) is 7.88. The molecule has 3 heterocycles. The number of H-pyrrole nitrogens is 1. The van der Waals surface area contributed by atoms with Gasteiger partial charge in [0.25, 0.3) is 0 Å². The molecule has 0 aliphatic carbocycles. The average Bonchev–Trinajstić information content (AvgIpc) is 3.59. The monoisotopic (exact) mass is 526 g/mol. The first kappa shape index (κ1) is 28.0. The smallest absolute Gasteiger partial charge is 0.494 e. The third-order valence-electron chi connectivity index (χ3n) is 7.88. The molecule has 1 aromatic carbocycles. The Hall–Kier alpha value is -3.05. The molecule has 0 radical (unpaired) electrons. The van der Waals surface area contributed by atoms with Crippen molar-refractivity contribution >= 4 is 24.6 Å². The number of hydrogen-bond acceptors (Lipinski definition) is 7. The summed E-state index contributed by atoms with van der Waals surface area (Å²) in [5.41, 5.74) is 1.62. The van der Waals surface area contributed by atoms with Gasteiger partial charge in [-0.2, -0.15) is 0 Å². The van der Waals surface area contributed by atoms with Crippen molar-refractivity contribution in [2.45, 2.75) is 77.7 Å². The van der Waals surface area contributed by atoms with Crippen molar-refractivity contribution in [1.29, 1.82) is 0 Å². The van der Waals surface area contributed by atoms with E-state index in [0.29, 0.717) is 18.1 Å². The second-order valence-corrected chi connectivity index (χ2v) is 11.3. The second-order valence-electron chi connectivity index (χ2n) is 11.3. The van der Waals surface area contributed by atoms with E-state index in [9.17, 15) is 9.59 Å². The summed E-state index contributed by atoms with van der Waals surface area (Å²) in [5.74, 6) is 1.12.